The molecule has 21 nitrogen and oxygen atoms in total. The van der Waals surface area contributed by atoms with Gasteiger partial charge >= 0.3 is 23.7 Å². The van der Waals surface area contributed by atoms with Gasteiger partial charge in [0.25, 0.3) is 5.56 Å². The summed E-state index contributed by atoms with van der Waals surface area (Å²) >= 11 is 0. The number of nitrogens with two attached hydrogens (primary N) is 2. The number of amides is 3. The maximum Gasteiger partial charge on any atom is 0.404 e. The molecule has 9 atom stereocenters. The van der Waals surface area contributed by atoms with Crippen LogP contribution in [-0.4, -0.2) is 137 Å². The van der Waals surface area contributed by atoms with Crippen molar-refractivity contribution in [3.63, 3.8) is 0 Å². The average Bonchev–Trinajstić information content (AvgIpc) is 3.21. The van der Waals surface area contributed by atoms with Crippen LogP contribution >= 0.6 is 0 Å². The maximum absolute atomic E-state index is 13.6. The van der Waals surface area contributed by atoms with Crippen molar-refractivity contribution in [1.82, 2.24) is 19.8 Å². The van der Waals surface area contributed by atoms with Gasteiger partial charge in [0.15, 0.2) is 12.3 Å². The Hall–Kier alpha value is -4.67. The quantitative estimate of drug-likeness (QED) is 0.102. The van der Waals surface area contributed by atoms with E-state index in [0.29, 0.717) is 16.3 Å². The zero-order valence-electron chi connectivity index (χ0n) is 22.7. The lowest BCUT2D eigenvalue weighted by molar-refractivity contribution is -0.157. The number of aromatic nitrogens is 2. The largest absolute Gasteiger partial charge is 0.479 e. The number of aromatic amines is 1. The Morgan fingerprint density at radius 1 is 1.18 bits per heavy atom. The van der Waals surface area contributed by atoms with Crippen LogP contribution in [0.15, 0.2) is 27.4 Å². The minimum atomic E-state index is -2.13. The van der Waals surface area contributed by atoms with Crippen molar-refractivity contribution < 1.29 is 64.1 Å². The molecule has 0 aromatic carbocycles. The van der Waals surface area contributed by atoms with Gasteiger partial charge in [-0.25, -0.2) is 19.2 Å². The van der Waals surface area contributed by atoms with Crippen LogP contribution in [0.1, 0.15) is 23.5 Å². The third-order valence-corrected chi connectivity index (χ3v) is 7.00. The predicted octanol–water partition coefficient (Wildman–Crippen LogP) is -6.28. The summed E-state index contributed by atoms with van der Waals surface area (Å²) in [6.45, 7) is 0.384. The Morgan fingerprint density at radius 2 is 1.82 bits per heavy atom. The van der Waals surface area contributed by atoms with Crippen molar-refractivity contribution in [2.45, 2.75) is 61.8 Å². The van der Waals surface area contributed by atoms with Gasteiger partial charge in [-0.1, -0.05) is 6.08 Å². The Kier molecular flexibility index (Phi) is 10.2. The number of aliphatic hydroxyl groups excluding tert-OH is 4. The van der Waals surface area contributed by atoms with Crippen molar-refractivity contribution >= 4 is 29.8 Å². The second kappa shape index (κ2) is 13.3. The number of hydrogen-bond donors (Lipinski definition) is 10. The number of hydrogen-bond acceptors (Lipinski definition) is 14. The highest BCUT2D eigenvalue weighted by Crippen LogP contribution is 2.33. The molecule has 3 rings (SSSR count). The highest BCUT2D eigenvalue weighted by molar-refractivity contribution is 5.95. The average molecular weight is 631 g/mol. The smallest absolute Gasteiger partial charge is 0.404 e. The first-order valence-electron chi connectivity index (χ1n) is 12.6. The molecular weight excluding hydrogens is 600 g/mol. The molecule has 0 aliphatic carbocycles. The fourth-order valence-corrected chi connectivity index (χ4v) is 4.60. The first-order chi connectivity index (χ1) is 20.5. The van der Waals surface area contributed by atoms with Gasteiger partial charge in [-0.15, -0.1) is 0 Å². The topological polar surface area (TPSA) is 347 Å². The monoisotopic (exact) mass is 630 g/mol. The molecule has 12 N–H and O–H groups in total. The van der Waals surface area contributed by atoms with Gasteiger partial charge in [0, 0.05) is 12.7 Å². The molecule has 3 heterocycles. The van der Waals surface area contributed by atoms with Crippen molar-refractivity contribution in [2.75, 3.05) is 13.2 Å². The van der Waals surface area contributed by atoms with E-state index in [0.717, 1.165) is 4.90 Å². The van der Waals surface area contributed by atoms with Gasteiger partial charge in [-0.3, -0.25) is 23.9 Å². The van der Waals surface area contributed by atoms with E-state index in [1.807, 2.05) is 0 Å². The Labute approximate surface area is 244 Å². The van der Waals surface area contributed by atoms with E-state index < -0.39 is 108 Å². The van der Waals surface area contributed by atoms with Crippen molar-refractivity contribution in [1.29, 1.82) is 0 Å². The standard InChI is InChI=1S/C23H30N6O15/c1-2-6-3-28(11(6)21(39)40)18(36)10(26-17(35)9(24)12(31)8(30)5-43-22(25)41)15-13(32)14(33)19(44-15)29-4-7(20(37)38)16(34)27-23(29)42/h2,4,8-15,19,30-33H,3,5,24H2,1H3,(H2,25,41)(H,26,35)(H,37,38)(H,39,40)(H,27,34,42)/b6-2-/t8-,9-,10-,11-,12+,13-,14+,15?,19?/m0/s1. The summed E-state index contributed by atoms with van der Waals surface area (Å²) in [6.07, 6.45) is -11.6. The molecule has 0 bridgehead atoms. The molecule has 2 aliphatic heterocycles. The number of nitrogens with one attached hydrogen (secondary N) is 2. The molecule has 0 spiro atoms. The number of primary amides is 1. The van der Waals surface area contributed by atoms with Gasteiger partial charge in [0.2, 0.25) is 11.8 Å². The number of aromatic carboxylic acids is 1. The maximum atomic E-state index is 13.6. The van der Waals surface area contributed by atoms with Crippen LogP contribution in [0.25, 0.3) is 0 Å². The Bertz CT molecular complexity index is 1470. The van der Waals surface area contributed by atoms with Crippen molar-refractivity contribution in [2.24, 2.45) is 11.5 Å². The number of rotatable bonds is 11. The van der Waals surface area contributed by atoms with E-state index in [2.05, 4.69) is 10.1 Å². The summed E-state index contributed by atoms with van der Waals surface area (Å²) in [5.74, 6) is -5.79. The van der Waals surface area contributed by atoms with E-state index in [9.17, 15) is 64.2 Å². The summed E-state index contributed by atoms with van der Waals surface area (Å²) in [5, 5.41) is 62.7. The molecule has 2 fully saturated rings. The van der Waals surface area contributed by atoms with E-state index in [-0.39, 0.29) is 6.54 Å². The summed E-state index contributed by atoms with van der Waals surface area (Å²) in [6, 6.07) is -5.63. The van der Waals surface area contributed by atoms with Crippen LogP contribution in [-0.2, 0) is 23.9 Å². The Balaban J connectivity index is 1.97. The number of carbonyl (C=O) groups is 5. The number of carboxylic acids is 2. The lowest BCUT2D eigenvalue weighted by Gasteiger charge is -2.43. The predicted molar refractivity (Wildman–Crippen MR) is 139 cm³/mol. The lowest BCUT2D eigenvalue weighted by Crippen LogP contribution is -2.67. The molecule has 242 valence electrons. The third-order valence-electron chi connectivity index (χ3n) is 7.00. The number of aliphatic carboxylic acids is 1. The van der Waals surface area contributed by atoms with Gasteiger partial charge in [-0.05, 0) is 12.5 Å². The number of likely N-dealkylation sites (tertiary alicyclic amines) is 1. The molecule has 0 saturated carbocycles. The molecule has 3 amide bonds. The van der Waals surface area contributed by atoms with E-state index in [4.69, 9.17) is 16.2 Å². The highest BCUT2D eigenvalue weighted by Gasteiger charge is 2.54. The number of nitrogens with zero attached hydrogens (tertiary/aromatic N) is 2. The number of H-pyrrole nitrogens is 1. The number of carboxylic acid groups (broad SMARTS) is 2. The molecule has 1 aromatic heterocycles. The molecule has 2 aliphatic rings. The Morgan fingerprint density at radius 3 is 2.36 bits per heavy atom. The zero-order valence-corrected chi connectivity index (χ0v) is 22.7. The van der Waals surface area contributed by atoms with Gasteiger partial charge < -0.3 is 61.8 Å². The minimum absolute atomic E-state index is 0.243. The fourth-order valence-electron chi connectivity index (χ4n) is 4.60. The number of allylic oxidation sites excluding steroid dienone is 1. The van der Waals surface area contributed by atoms with Gasteiger partial charge in [0.1, 0.15) is 54.8 Å². The third kappa shape index (κ3) is 6.61. The normalized spacial score (nSPS) is 26.6. The molecule has 2 saturated heterocycles. The van der Waals surface area contributed by atoms with Crippen LogP contribution in [0.5, 0.6) is 0 Å². The van der Waals surface area contributed by atoms with Crippen LogP contribution in [0.3, 0.4) is 0 Å². The molecule has 2 unspecified atom stereocenters. The van der Waals surface area contributed by atoms with E-state index in [1.165, 1.54) is 13.0 Å². The first-order valence-corrected chi connectivity index (χ1v) is 12.6. The van der Waals surface area contributed by atoms with Crippen molar-refractivity contribution in [3.05, 3.63) is 44.2 Å². The highest BCUT2D eigenvalue weighted by atomic mass is 16.6. The summed E-state index contributed by atoms with van der Waals surface area (Å²) in [5.41, 5.74) is 7.25. The van der Waals surface area contributed by atoms with Crippen molar-refractivity contribution in [3.8, 4) is 0 Å². The fraction of sp³-hybridized carbons (Fsp3) is 0.522. The van der Waals surface area contributed by atoms with Gasteiger partial charge in [0.05, 0.1) is 0 Å². The second-order valence-electron chi connectivity index (χ2n) is 9.76. The summed E-state index contributed by atoms with van der Waals surface area (Å²) in [7, 11) is 0. The van der Waals surface area contributed by atoms with Crippen LogP contribution in [0.4, 0.5) is 4.79 Å². The molecule has 21 heteroatoms. The molecule has 1 aromatic rings. The number of ether oxygens (including phenoxy) is 2. The first kappa shape index (κ1) is 33.8. The van der Waals surface area contributed by atoms with Crippen LogP contribution in [0.2, 0.25) is 0 Å². The van der Waals surface area contributed by atoms with Crippen LogP contribution < -0.4 is 28.0 Å². The summed E-state index contributed by atoms with van der Waals surface area (Å²) in [4.78, 5) is 87.4. The molecule has 44 heavy (non-hydrogen) atoms. The van der Waals surface area contributed by atoms with Gasteiger partial charge in [-0.2, -0.15) is 0 Å². The molecule has 0 radical (unpaired) electrons. The van der Waals surface area contributed by atoms with Crippen LogP contribution in [0, 0.1) is 0 Å². The minimum Gasteiger partial charge on any atom is -0.479 e. The van der Waals surface area contributed by atoms with E-state index >= 15 is 0 Å². The summed E-state index contributed by atoms with van der Waals surface area (Å²) < 4.78 is 10.3. The van der Waals surface area contributed by atoms with E-state index in [1.54, 1.807) is 4.98 Å². The molecular formula is C23H30N6O15. The number of aliphatic hydroxyl groups is 4. The zero-order chi connectivity index (χ0) is 33.2. The second-order valence-corrected chi connectivity index (χ2v) is 9.76. The number of carbonyl (C=O) groups excluding carboxylic acids is 3. The SMILES string of the molecule is C/C=C1/CN(C(=O)[C@@H](NC(=O)[C@@H](N)[C@H](O)[C@@H](O)COC(N)=O)C2OC(n3cc(C(=O)O)c(=O)[nH]c3=O)[C@H](O)[C@@H]2O)[C@@H]1C(=O)O. The lowest BCUT2D eigenvalue weighted by atomic mass is 9.92.